The van der Waals surface area contributed by atoms with Crippen LogP contribution in [0, 0.1) is 0 Å². The SMILES string of the molecule is C=C(N)c1ccc(-c2ccccc2)cc1. The van der Waals surface area contributed by atoms with Gasteiger partial charge in [-0.3, -0.25) is 0 Å². The van der Waals surface area contributed by atoms with Crippen molar-refractivity contribution >= 4 is 5.70 Å². The first-order valence-electron chi connectivity index (χ1n) is 4.87. The van der Waals surface area contributed by atoms with Gasteiger partial charge < -0.3 is 5.73 Å². The molecule has 2 rings (SSSR count). The minimum absolute atomic E-state index is 0.606. The Hall–Kier alpha value is -2.02. The van der Waals surface area contributed by atoms with E-state index in [0.717, 1.165) is 5.56 Å². The van der Waals surface area contributed by atoms with E-state index in [4.69, 9.17) is 5.73 Å². The Morgan fingerprint density at radius 3 is 1.87 bits per heavy atom. The van der Waals surface area contributed by atoms with Gasteiger partial charge in [0.1, 0.15) is 0 Å². The van der Waals surface area contributed by atoms with Crippen molar-refractivity contribution in [2.24, 2.45) is 5.73 Å². The van der Waals surface area contributed by atoms with E-state index in [1.165, 1.54) is 11.1 Å². The van der Waals surface area contributed by atoms with Gasteiger partial charge in [-0.2, -0.15) is 0 Å². The van der Waals surface area contributed by atoms with Gasteiger partial charge in [0, 0.05) is 5.70 Å². The number of rotatable bonds is 2. The number of benzene rings is 2. The first-order valence-corrected chi connectivity index (χ1v) is 4.87. The fourth-order valence-electron chi connectivity index (χ4n) is 1.51. The molecule has 2 aromatic carbocycles. The van der Waals surface area contributed by atoms with Crippen LogP contribution in [0.25, 0.3) is 16.8 Å². The molecule has 0 saturated heterocycles. The zero-order chi connectivity index (χ0) is 10.7. The van der Waals surface area contributed by atoms with E-state index in [-0.39, 0.29) is 0 Å². The van der Waals surface area contributed by atoms with Crippen molar-refractivity contribution < 1.29 is 0 Å². The lowest BCUT2D eigenvalue weighted by Gasteiger charge is -2.03. The standard InChI is InChI=1S/C14H13N/c1-11(15)12-7-9-14(10-8-12)13-5-3-2-4-6-13/h2-10H,1,15H2. The number of nitrogens with two attached hydrogens (primary N) is 1. The smallest absolute Gasteiger partial charge is 0.0314 e. The van der Waals surface area contributed by atoms with Crippen LogP contribution in [0.15, 0.2) is 61.2 Å². The molecule has 2 N–H and O–H groups in total. The van der Waals surface area contributed by atoms with Crippen LogP contribution in [0.4, 0.5) is 0 Å². The summed E-state index contributed by atoms with van der Waals surface area (Å²) in [5, 5.41) is 0. The Morgan fingerprint density at radius 1 is 0.800 bits per heavy atom. The molecule has 15 heavy (non-hydrogen) atoms. The van der Waals surface area contributed by atoms with Gasteiger partial charge in [0.25, 0.3) is 0 Å². The first-order chi connectivity index (χ1) is 7.27. The van der Waals surface area contributed by atoms with Crippen molar-refractivity contribution in [1.29, 1.82) is 0 Å². The topological polar surface area (TPSA) is 26.0 Å². The monoisotopic (exact) mass is 195 g/mol. The average molecular weight is 195 g/mol. The van der Waals surface area contributed by atoms with Gasteiger partial charge in [0.15, 0.2) is 0 Å². The van der Waals surface area contributed by atoms with Gasteiger partial charge >= 0.3 is 0 Å². The number of hydrogen-bond donors (Lipinski definition) is 1. The maximum absolute atomic E-state index is 5.61. The molecule has 0 aliphatic carbocycles. The van der Waals surface area contributed by atoms with Crippen molar-refractivity contribution in [1.82, 2.24) is 0 Å². The van der Waals surface area contributed by atoms with Crippen molar-refractivity contribution in [3.63, 3.8) is 0 Å². The molecule has 0 fully saturated rings. The molecule has 1 nitrogen and oxygen atoms in total. The molecule has 0 unspecified atom stereocenters. The maximum atomic E-state index is 5.61. The summed E-state index contributed by atoms with van der Waals surface area (Å²) in [6.45, 7) is 3.71. The van der Waals surface area contributed by atoms with Crippen molar-refractivity contribution in [2.45, 2.75) is 0 Å². The molecule has 0 amide bonds. The van der Waals surface area contributed by atoms with E-state index in [2.05, 4.69) is 30.8 Å². The fourth-order valence-corrected chi connectivity index (χ4v) is 1.51. The van der Waals surface area contributed by atoms with Crippen LogP contribution in [0.3, 0.4) is 0 Å². The molecular formula is C14H13N. The largest absolute Gasteiger partial charge is 0.399 e. The highest BCUT2D eigenvalue weighted by Crippen LogP contribution is 2.20. The minimum atomic E-state index is 0.606. The second-order valence-corrected chi connectivity index (χ2v) is 3.47. The third-order valence-electron chi connectivity index (χ3n) is 2.36. The molecular weight excluding hydrogens is 182 g/mol. The molecule has 2 aromatic rings. The average Bonchev–Trinajstić information content (AvgIpc) is 2.30. The lowest BCUT2D eigenvalue weighted by molar-refractivity contribution is 1.52. The Bertz CT molecular complexity index is 454. The molecule has 74 valence electrons. The van der Waals surface area contributed by atoms with Gasteiger partial charge in [0.05, 0.1) is 0 Å². The van der Waals surface area contributed by atoms with Crippen molar-refractivity contribution in [3.8, 4) is 11.1 Å². The van der Waals surface area contributed by atoms with Crippen LogP contribution in [0.1, 0.15) is 5.56 Å². The van der Waals surface area contributed by atoms with Crippen molar-refractivity contribution in [2.75, 3.05) is 0 Å². The predicted octanol–water partition coefficient (Wildman–Crippen LogP) is 3.28. The maximum Gasteiger partial charge on any atom is 0.0314 e. The second-order valence-electron chi connectivity index (χ2n) is 3.47. The van der Waals surface area contributed by atoms with Crippen LogP contribution < -0.4 is 5.73 Å². The Kier molecular flexibility index (Phi) is 2.55. The van der Waals surface area contributed by atoms with Gasteiger partial charge in [-0.05, 0) is 16.7 Å². The highest BCUT2D eigenvalue weighted by molar-refractivity contribution is 5.68. The summed E-state index contributed by atoms with van der Waals surface area (Å²) in [5.41, 5.74) is 9.60. The van der Waals surface area contributed by atoms with Gasteiger partial charge in [-0.25, -0.2) is 0 Å². The fraction of sp³-hybridized carbons (Fsp3) is 0. The lowest BCUT2D eigenvalue weighted by Crippen LogP contribution is -1.92. The predicted molar refractivity (Wildman–Crippen MR) is 65.1 cm³/mol. The summed E-state index contributed by atoms with van der Waals surface area (Å²) in [4.78, 5) is 0. The molecule has 0 aliphatic heterocycles. The van der Waals surface area contributed by atoms with Gasteiger partial charge in [0.2, 0.25) is 0 Å². The minimum Gasteiger partial charge on any atom is -0.399 e. The van der Waals surface area contributed by atoms with E-state index < -0.39 is 0 Å². The summed E-state index contributed by atoms with van der Waals surface area (Å²) in [5.74, 6) is 0. The first kappa shape index (κ1) is 9.53. The summed E-state index contributed by atoms with van der Waals surface area (Å²) < 4.78 is 0. The Morgan fingerprint density at radius 2 is 1.33 bits per heavy atom. The Balaban J connectivity index is 2.36. The molecule has 0 spiro atoms. The third-order valence-corrected chi connectivity index (χ3v) is 2.36. The molecule has 0 aromatic heterocycles. The zero-order valence-electron chi connectivity index (χ0n) is 8.48. The molecule has 0 saturated carbocycles. The van der Waals surface area contributed by atoms with Gasteiger partial charge in [-0.15, -0.1) is 0 Å². The summed E-state index contributed by atoms with van der Waals surface area (Å²) in [6, 6.07) is 18.4. The van der Waals surface area contributed by atoms with Crippen LogP contribution >= 0.6 is 0 Å². The third kappa shape index (κ3) is 2.08. The van der Waals surface area contributed by atoms with Gasteiger partial charge in [-0.1, -0.05) is 61.2 Å². The van der Waals surface area contributed by atoms with Crippen LogP contribution in [0.2, 0.25) is 0 Å². The molecule has 0 aliphatic rings. The van der Waals surface area contributed by atoms with Crippen LogP contribution in [-0.2, 0) is 0 Å². The molecule has 0 atom stereocenters. The molecule has 0 heterocycles. The van der Waals surface area contributed by atoms with E-state index in [1.54, 1.807) is 0 Å². The lowest BCUT2D eigenvalue weighted by atomic mass is 10.0. The van der Waals surface area contributed by atoms with Crippen LogP contribution in [0.5, 0.6) is 0 Å². The normalized spacial score (nSPS) is 9.87. The van der Waals surface area contributed by atoms with Crippen molar-refractivity contribution in [3.05, 3.63) is 66.7 Å². The molecule has 0 radical (unpaired) electrons. The summed E-state index contributed by atoms with van der Waals surface area (Å²) in [6.07, 6.45) is 0. The Labute approximate surface area is 89.9 Å². The zero-order valence-corrected chi connectivity index (χ0v) is 8.48. The molecule has 1 heteroatoms. The quantitative estimate of drug-likeness (QED) is 0.781. The second kappa shape index (κ2) is 4.01. The summed E-state index contributed by atoms with van der Waals surface area (Å²) in [7, 11) is 0. The van der Waals surface area contributed by atoms with Crippen LogP contribution in [-0.4, -0.2) is 0 Å². The highest BCUT2D eigenvalue weighted by atomic mass is 14.6. The summed E-state index contributed by atoms with van der Waals surface area (Å²) >= 11 is 0. The van der Waals surface area contributed by atoms with E-state index in [0.29, 0.717) is 5.70 Å². The van der Waals surface area contributed by atoms with E-state index in [9.17, 15) is 0 Å². The van der Waals surface area contributed by atoms with E-state index in [1.807, 2.05) is 30.3 Å². The van der Waals surface area contributed by atoms with E-state index >= 15 is 0 Å². The molecule has 0 bridgehead atoms. The number of hydrogen-bond acceptors (Lipinski definition) is 1. The highest BCUT2D eigenvalue weighted by Gasteiger charge is 1.97.